The van der Waals surface area contributed by atoms with E-state index in [4.69, 9.17) is 16.7 Å². The minimum absolute atomic E-state index is 0.282. The summed E-state index contributed by atoms with van der Waals surface area (Å²) in [5.74, 6) is -2.70. The molecule has 0 saturated heterocycles. The summed E-state index contributed by atoms with van der Waals surface area (Å²) in [5, 5.41) is 8.44. The van der Waals surface area contributed by atoms with Crippen LogP contribution in [0, 0.1) is 0 Å². The van der Waals surface area contributed by atoms with Gasteiger partial charge < -0.3 is 5.11 Å². The van der Waals surface area contributed by atoms with E-state index in [0.29, 0.717) is 0 Å². The lowest BCUT2D eigenvalue weighted by Crippen LogP contribution is -2.12. The van der Waals surface area contributed by atoms with Crippen LogP contribution in [-0.4, -0.2) is 36.5 Å². The second-order valence-corrected chi connectivity index (χ2v) is 7.24. The summed E-state index contributed by atoms with van der Waals surface area (Å²) >= 11 is 5.17. The second-order valence-electron chi connectivity index (χ2n) is 3.56. The van der Waals surface area contributed by atoms with Crippen LogP contribution in [0.2, 0.25) is 5.02 Å². The first-order valence-electron chi connectivity index (χ1n) is 4.99. The van der Waals surface area contributed by atoms with Crippen LogP contribution >= 0.6 is 23.4 Å². The van der Waals surface area contributed by atoms with E-state index in [1.54, 1.807) is 0 Å². The Balaban J connectivity index is 2.88. The molecular weight excluding hydrogens is 341 g/mol. The van der Waals surface area contributed by atoms with Crippen molar-refractivity contribution in [1.29, 1.82) is 0 Å². The molecule has 0 aliphatic carbocycles. The molecule has 0 heterocycles. The van der Waals surface area contributed by atoms with E-state index in [0.717, 1.165) is 18.2 Å². The van der Waals surface area contributed by atoms with Gasteiger partial charge in [-0.1, -0.05) is 11.6 Å². The van der Waals surface area contributed by atoms with Gasteiger partial charge in [-0.2, -0.15) is 13.2 Å². The summed E-state index contributed by atoms with van der Waals surface area (Å²) in [7, 11) is -3.95. The van der Waals surface area contributed by atoms with Crippen molar-refractivity contribution < 1.29 is 31.5 Å². The number of hydrogen-bond donors (Lipinski definition) is 1. The van der Waals surface area contributed by atoms with E-state index in [2.05, 4.69) is 0 Å². The summed E-state index contributed by atoms with van der Waals surface area (Å²) < 4.78 is 59.3. The average Bonchev–Trinajstić information content (AvgIpc) is 2.26. The molecule has 20 heavy (non-hydrogen) atoms. The highest BCUT2D eigenvalue weighted by atomic mass is 35.5. The number of aromatic carboxylic acids is 1. The topological polar surface area (TPSA) is 71.4 Å². The predicted octanol–water partition coefficient (Wildman–Crippen LogP) is 3.06. The third kappa shape index (κ3) is 4.88. The number of thioether (sulfide) groups is 1. The Morgan fingerprint density at radius 3 is 2.40 bits per heavy atom. The van der Waals surface area contributed by atoms with Crippen molar-refractivity contribution >= 4 is 39.2 Å². The normalized spacial score (nSPS) is 12.4. The molecule has 10 heteroatoms. The summed E-state index contributed by atoms with van der Waals surface area (Å²) in [6.07, 6.45) is 0. The molecule has 0 radical (unpaired) electrons. The number of sulfone groups is 1. The highest BCUT2D eigenvalue weighted by Crippen LogP contribution is 2.30. The Kier molecular flexibility index (Phi) is 5.33. The predicted molar refractivity (Wildman–Crippen MR) is 69.0 cm³/mol. The third-order valence-corrected chi connectivity index (χ3v) is 5.17. The van der Waals surface area contributed by atoms with Crippen molar-refractivity contribution in [2.75, 3.05) is 11.5 Å². The van der Waals surface area contributed by atoms with Gasteiger partial charge in [-0.3, -0.25) is 0 Å². The first-order chi connectivity index (χ1) is 9.03. The monoisotopic (exact) mass is 348 g/mol. The number of carboxylic acids is 1. The van der Waals surface area contributed by atoms with Crippen molar-refractivity contribution in [2.45, 2.75) is 10.4 Å². The Hall–Kier alpha value is -0.930. The minimum Gasteiger partial charge on any atom is -0.478 e. The van der Waals surface area contributed by atoms with Gasteiger partial charge in [0.15, 0.2) is 9.84 Å². The molecule has 0 bridgehead atoms. The number of rotatable bonds is 5. The van der Waals surface area contributed by atoms with Crippen LogP contribution < -0.4 is 0 Å². The van der Waals surface area contributed by atoms with Crippen LogP contribution in [0.5, 0.6) is 0 Å². The average molecular weight is 349 g/mol. The van der Waals surface area contributed by atoms with Crippen LogP contribution in [-0.2, 0) is 9.84 Å². The zero-order chi connectivity index (χ0) is 15.6. The third-order valence-electron chi connectivity index (χ3n) is 2.15. The molecule has 0 saturated carbocycles. The molecule has 0 atom stereocenters. The van der Waals surface area contributed by atoms with Gasteiger partial charge in [-0.15, -0.1) is 0 Å². The largest absolute Gasteiger partial charge is 0.478 e. The van der Waals surface area contributed by atoms with Crippen LogP contribution in [0.3, 0.4) is 0 Å². The van der Waals surface area contributed by atoms with Gasteiger partial charge in [0.1, 0.15) is 0 Å². The first-order valence-corrected chi connectivity index (χ1v) is 8.01. The zero-order valence-electron chi connectivity index (χ0n) is 9.65. The molecule has 1 aromatic carbocycles. The highest BCUT2D eigenvalue weighted by molar-refractivity contribution is 8.01. The first kappa shape index (κ1) is 17.1. The summed E-state index contributed by atoms with van der Waals surface area (Å²) in [4.78, 5) is 10.4. The van der Waals surface area contributed by atoms with E-state index in [1.165, 1.54) is 0 Å². The van der Waals surface area contributed by atoms with E-state index < -0.39 is 44.6 Å². The lowest BCUT2D eigenvalue weighted by molar-refractivity contribution is -0.0326. The van der Waals surface area contributed by atoms with Crippen LogP contribution in [0.25, 0.3) is 0 Å². The van der Waals surface area contributed by atoms with Crippen LogP contribution in [0.4, 0.5) is 13.2 Å². The van der Waals surface area contributed by atoms with Crippen molar-refractivity contribution in [3.63, 3.8) is 0 Å². The smallest absolute Gasteiger partial charge is 0.441 e. The maximum absolute atomic E-state index is 11.9. The molecule has 0 aliphatic rings. The van der Waals surface area contributed by atoms with Gasteiger partial charge in [0.25, 0.3) is 0 Å². The Morgan fingerprint density at radius 1 is 1.35 bits per heavy atom. The van der Waals surface area contributed by atoms with Gasteiger partial charge in [-0.05, 0) is 30.0 Å². The molecule has 1 aromatic rings. The number of carbonyl (C=O) groups is 1. The molecule has 0 aliphatic heterocycles. The summed E-state index contributed by atoms with van der Waals surface area (Å²) in [6, 6.07) is 2.91. The van der Waals surface area contributed by atoms with Crippen molar-refractivity contribution in [3.05, 3.63) is 28.8 Å². The van der Waals surface area contributed by atoms with Crippen molar-refractivity contribution in [3.8, 4) is 0 Å². The van der Waals surface area contributed by atoms with E-state index in [1.807, 2.05) is 0 Å². The van der Waals surface area contributed by atoms with E-state index in [-0.39, 0.29) is 15.5 Å². The van der Waals surface area contributed by atoms with E-state index >= 15 is 0 Å². The summed E-state index contributed by atoms with van der Waals surface area (Å²) in [5.41, 5.74) is -4.78. The van der Waals surface area contributed by atoms with E-state index in [9.17, 15) is 26.4 Å². The number of halogens is 4. The Bertz CT molecular complexity index is 613. The fourth-order valence-electron chi connectivity index (χ4n) is 1.25. The maximum Gasteiger partial charge on any atom is 0.441 e. The lowest BCUT2D eigenvalue weighted by Gasteiger charge is -2.07. The van der Waals surface area contributed by atoms with Gasteiger partial charge >= 0.3 is 11.5 Å². The molecule has 112 valence electrons. The Labute approximate surface area is 121 Å². The van der Waals surface area contributed by atoms with Gasteiger partial charge in [0.2, 0.25) is 0 Å². The lowest BCUT2D eigenvalue weighted by atomic mass is 10.2. The van der Waals surface area contributed by atoms with Crippen molar-refractivity contribution in [1.82, 2.24) is 0 Å². The maximum atomic E-state index is 11.9. The number of carboxylic acid groups (broad SMARTS) is 1. The molecule has 4 nitrogen and oxygen atoms in total. The van der Waals surface area contributed by atoms with Gasteiger partial charge in [0.05, 0.1) is 21.2 Å². The molecule has 1 rings (SSSR count). The standard InChI is InChI=1S/C10H8ClF3O4S2/c11-8-5-6(1-2-7(8)9(15)16)20(17,18)4-3-19-10(12,13)14/h1-2,5H,3-4H2,(H,15,16). The SMILES string of the molecule is O=C(O)c1ccc(S(=O)(=O)CCSC(F)(F)F)cc1Cl. The molecule has 0 fully saturated rings. The molecule has 0 aromatic heterocycles. The number of alkyl halides is 3. The highest BCUT2D eigenvalue weighted by Gasteiger charge is 2.29. The molecule has 1 N–H and O–H groups in total. The zero-order valence-corrected chi connectivity index (χ0v) is 12.0. The van der Waals surface area contributed by atoms with Gasteiger partial charge in [-0.25, -0.2) is 13.2 Å². The second kappa shape index (κ2) is 6.23. The quantitative estimate of drug-likeness (QED) is 0.885. The fourth-order valence-corrected chi connectivity index (χ4v) is 3.82. The Morgan fingerprint density at radius 2 is 1.95 bits per heavy atom. The summed E-state index contributed by atoms with van der Waals surface area (Å²) in [6.45, 7) is 0. The fraction of sp³-hybridized carbons (Fsp3) is 0.300. The minimum atomic E-state index is -4.50. The number of benzene rings is 1. The van der Waals surface area contributed by atoms with Crippen molar-refractivity contribution in [2.24, 2.45) is 0 Å². The molecular formula is C10H8ClF3O4S2. The molecule has 0 spiro atoms. The van der Waals surface area contributed by atoms with Crippen LogP contribution in [0.1, 0.15) is 10.4 Å². The van der Waals surface area contributed by atoms with Crippen LogP contribution in [0.15, 0.2) is 23.1 Å². The van der Waals surface area contributed by atoms with Gasteiger partial charge in [0, 0.05) is 5.75 Å². The number of hydrogen-bond acceptors (Lipinski definition) is 4. The molecule has 0 unspecified atom stereocenters. The molecule has 0 amide bonds.